The average Bonchev–Trinajstić information content (AvgIpc) is 2.83. The Kier molecular flexibility index (Phi) is 7.61. The van der Waals surface area contributed by atoms with E-state index in [-0.39, 0.29) is 23.6 Å². The van der Waals surface area contributed by atoms with E-state index in [2.05, 4.69) is 41.9 Å². The number of aromatic nitrogens is 2. The predicted molar refractivity (Wildman–Crippen MR) is 152 cm³/mol. The van der Waals surface area contributed by atoms with Gasteiger partial charge in [0.05, 0.1) is 26.5 Å². The summed E-state index contributed by atoms with van der Waals surface area (Å²) in [6.07, 6.45) is 1.41. The second kappa shape index (κ2) is 10.5. The standard InChI is InChI=1S/C27H24Br2N4O4/c1-16-5-7-17(8-6-16)15-37-24-21(29)11-18(12-23(24)33(35)36)14-30-32-25(34)20-13-19(28)9-10-22(20)31-26(32)27(2,3)4/h5-14H,15H2,1-4H3. The molecule has 0 aliphatic heterocycles. The van der Waals surface area contributed by atoms with Crippen LogP contribution in [0.3, 0.4) is 0 Å². The first-order valence-electron chi connectivity index (χ1n) is 11.4. The van der Waals surface area contributed by atoms with Crippen molar-refractivity contribution in [3.63, 3.8) is 0 Å². The molecule has 0 amide bonds. The first kappa shape index (κ1) is 26.7. The monoisotopic (exact) mass is 626 g/mol. The Labute approximate surface area is 230 Å². The fourth-order valence-corrected chi connectivity index (χ4v) is 4.60. The van der Waals surface area contributed by atoms with Crippen LogP contribution in [0.5, 0.6) is 5.75 Å². The molecule has 0 aliphatic carbocycles. The Hall–Kier alpha value is -3.37. The number of nitro groups is 1. The van der Waals surface area contributed by atoms with Crippen molar-refractivity contribution in [2.45, 2.75) is 39.7 Å². The van der Waals surface area contributed by atoms with Gasteiger partial charge in [0, 0.05) is 21.5 Å². The molecule has 0 aliphatic rings. The lowest BCUT2D eigenvalue weighted by Crippen LogP contribution is -2.29. The lowest BCUT2D eigenvalue weighted by molar-refractivity contribution is -0.386. The number of rotatable bonds is 6. The SMILES string of the molecule is Cc1ccc(COc2c(Br)cc(C=Nn3c(C(C)(C)C)nc4ccc(Br)cc4c3=O)cc2[N+](=O)[O-])cc1. The molecule has 0 bridgehead atoms. The number of ether oxygens (including phenoxy) is 1. The number of nitro benzene ring substituents is 1. The summed E-state index contributed by atoms with van der Waals surface area (Å²) in [7, 11) is 0. The number of nitrogens with zero attached hydrogens (tertiary/aromatic N) is 4. The van der Waals surface area contributed by atoms with E-state index in [0.717, 1.165) is 15.6 Å². The number of benzene rings is 3. The van der Waals surface area contributed by atoms with E-state index in [1.54, 1.807) is 18.2 Å². The fraction of sp³-hybridized carbons (Fsp3) is 0.222. The van der Waals surface area contributed by atoms with Crippen LogP contribution in [0.15, 0.2) is 73.4 Å². The van der Waals surface area contributed by atoms with Gasteiger partial charge in [0.2, 0.25) is 5.75 Å². The van der Waals surface area contributed by atoms with Crippen LogP contribution in [0.1, 0.15) is 43.3 Å². The summed E-state index contributed by atoms with van der Waals surface area (Å²) in [4.78, 5) is 29.4. The lowest BCUT2D eigenvalue weighted by Gasteiger charge is -2.20. The predicted octanol–water partition coefficient (Wildman–Crippen LogP) is 6.90. The molecule has 190 valence electrons. The highest BCUT2D eigenvalue weighted by molar-refractivity contribution is 9.10. The molecule has 0 atom stereocenters. The van der Waals surface area contributed by atoms with Crippen LogP contribution in [-0.2, 0) is 12.0 Å². The van der Waals surface area contributed by atoms with Gasteiger partial charge in [-0.05, 0) is 52.7 Å². The van der Waals surface area contributed by atoms with E-state index in [9.17, 15) is 14.9 Å². The van der Waals surface area contributed by atoms with Gasteiger partial charge in [0.15, 0.2) is 0 Å². The zero-order valence-electron chi connectivity index (χ0n) is 20.7. The molecule has 1 aromatic heterocycles. The van der Waals surface area contributed by atoms with Gasteiger partial charge in [-0.3, -0.25) is 14.9 Å². The Bertz CT molecular complexity index is 1590. The molecule has 0 spiro atoms. The summed E-state index contributed by atoms with van der Waals surface area (Å²) in [6.45, 7) is 7.97. The van der Waals surface area contributed by atoms with Gasteiger partial charge in [0.1, 0.15) is 12.4 Å². The van der Waals surface area contributed by atoms with Gasteiger partial charge in [0.25, 0.3) is 5.56 Å². The molecule has 0 saturated heterocycles. The van der Waals surface area contributed by atoms with Crippen LogP contribution in [0, 0.1) is 17.0 Å². The van der Waals surface area contributed by atoms with E-state index < -0.39 is 10.3 Å². The third kappa shape index (κ3) is 5.97. The Morgan fingerprint density at radius 2 is 1.81 bits per heavy atom. The quantitative estimate of drug-likeness (QED) is 0.132. The zero-order chi connectivity index (χ0) is 26.9. The summed E-state index contributed by atoms with van der Waals surface area (Å²) >= 11 is 6.80. The molecule has 4 aromatic rings. The number of halogens is 2. The van der Waals surface area contributed by atoms with Crippen LogP contribution in [0.4, 0.5) is 5.69 Å². The number of fused-ring (bicyclic) bond motifs is 1. The third-order valence-electron chi connectivity index (χ3n) is 5.55. The van der Waals surface area contributed by atoms with Crippen molar-refractivity contribution in [3.05, 3.63) is 107 Å². The van der Waals surface area contributed by atoms with E-state index in [1.807, 2.05) is 58.0 Å². The maximum Gasteiger partial charge on any atom is 0.312 e. The van der Waals surface area contributed by atoms with Crippen molar-refractivity contribution in [2.75, 3.05) is 0 Å². The van der Waals surface area contributed by atoms with Gasteiger partial charge in [-0.25, -0.2) is 4.98 Å². The maximum atomic E-state index is 13.4. The summed E-state index contributed by atoms with van der Waals surface area (Å²) in [5.74, 6) is 0.586. The van der Waals surface area contributed by atoms with Gasteiger partial charge in [-0.15, -0.1) is 0 Å². The first-order valence-corrected chi connectivity index (χ1v) is 13.0. The molecule has 4 rings (SSSR count). The number of hydrogen-bond acceptors (Lipinski definition) is 6. The molecule has 3 aromatic carbocycles. The second-order valence-corrected chi connectivity index (χ2v) is 11.4. The summed E-state index contributed by atoms with van der Waals surface area (Å²) in [5.41, 5.74) is 1.95. The molecule has 37 heavy (non-hydrogen) atoms. The maximum absolute atomic E-state index is 13.4. The van der Waals surface area contributed by atoms with Crippen molar-refractivity contribution < 1.29 is 9.66 Å². The normalized spacial score (nSPS) is 11.8. The molecule has 0 unspecified atom stereocenters. The zero-order valence-corrected chi connectivity index (χ0v) is 23.8. The molecular weight excluding hydrogens is 604 g/mol. The first-order chi connectivity index (χ1) is 17.4. The molecule has 10 heteroatoms. The van der Waals surface area contributed by atoms with Crippen molar-refractivity contribution in [2.24, 2.45) is 5.10 Å². The molecule has 8 nitrogen and oxygen atoms in total. The van der Waals surface area contributed by atoms with E-state index >= 15 is 0 Å². The minimum atomic E-state index is -0.506. The Morgan fingerprint density at radius 1 is 1.11 bits per heavy atom. The fourth-order valence-electron chi connectivity index (χ4n) is 3.66. The minimum Gasteiger partial charge on any atom is -0.481 e. The van der Waals surface area contributed by atoms with Crippen LogP contribution in [-0.4, -0.2) is 20.8 Å². The highest BCUT2D eigenvalue weighted by atomic mass is 79.9. The summed E-state index contributed by atoms with van der Waals surface area (Å²) in [6, 6.07) is 16.1. The molecule has 0 saturated carbocycles. The van der Waals surface area contributed by atoms with Crippen LogP contribution >= 0.6 is 31.9 Å². The van der Waals surface area contributed by atoms with Crippen molar-refractivity contribution in [1.29, 1.82) is 0 Å². The Morgan fingerprint density at radius 3 is 2.46 bits per heavy atom. The van der Waals surface area contributed by atoms with Gasteiger partial charge >= 0.3 is 5.69 Å². The van der Waals surface area contributed by atoms with Crippen molar-refractivity contribution in [1.82, 2.24) is 9.66 Å². The highest BCUT2D eigenvalue weighted by Crippen LogP contribution is 2.36. The highest BCUT2D eigenvalue weighted by Gasteiger charge is 2.24. The van der Waals surface area contributed by atoms with E-state index in [0.29, 0.717) is 26.8 Å². The van der Waals surface area contributed by atoms with Crippen LogP contribution in [0.2, 0.25) is 0 Å². The summed E-state index contributed by atoms with van der Waals surface area (Å²) in [5, 5.41) is 16.7. The van der Waals surface area contributed by atoms with Crippen molar-refractivity contribution >= 4 is 54.7 Å². The number of hydrogen-bond donors (Lipinski definition) is 0. The van der Waals surface area contributed by atoms with Crippen LogP contribution in [0.25, 0.3) is 10.9 Å². The largest absolute Gasteiger partial charge is 0.481 e. The molecule has 0 fully saturated rings. The number of aryl methyl sites for hydroxylation is 1. The van der Waals surface area contributed by atoms with Gasteiger partial charge in [-0.2, -0.15) is 9.78 Å². The minimum absolute atomic E-state index is 0.118. The van der Waals surface area contributed by atoms with Crippen LogP contribution < -0.4 is 10.3 Å². The molecule has 0 N–H and O–H groups in total. The van der Waals surface area contributed by atoms with Gasteiger partial charge < -0.3 is 4.74 Å². The van der Waals surface area contributed by atoms with E-state index in [4.69, 9.17) is 4.74 Å². The lowest BCUT2D eigenvalue weighted by atomic mass is 9.95. The molecular formula is C27H24Br2N4O4. The second-order valence-electron chi connectivity index (χ2n) is 9.59. The molecule has 0 radical (unpaired) electrons. The smallest absolute Gasteiger partial charge is 0.312 e. The molecule has 1 heterocycles. The van der Waals surface area contributed by atoms with Gasteiger partial charge in [-0.1, -0.05) is 66.5 Å². The van der Waals surface area contributed by atoms with E-state index in [1.165, 1.54) is 17.0 Å². The summed E-state index contributed by atoms with van der Waals surface area (Å²) < 4.78 is 8.21. The average molecular weight is 628 g/mol. The van der Waals surface area contributed by atoms with Crippen molar-refractivity contribution in [3.8, 4) is 5.75 Å². The topological polar surface area (TPSA) is 99.6 Å². The Balaban J connectivity index is 1.74. The third-order valence-corrected chi connectivity index (χ3v) is 6.63.